The van der Waals surface area contributed by atoms with Crippen LogP contribution in [0.5, 0.6) is 5.75 Å². The molecule has 0 aliphatic carbocycles. The summed E-state index contributed by atoms with van der Waals surface area (Å²) in [6, 6.07) is 2.40. The molecule has 3 N–H and O–H groups in total. The summed E-state index contributed by atoms with van der Waals surface area (Å²) in [5.41, 5.74) is -0.153. The van der Waals surface area contributed by atoms with Gasteiger partial charge in [0, 0.05) is 18.9 Å². The minimum Gasteiger partial charge on any atom is -0.508 e. The van der Waals surface area contributed by atoms with Crippen molar-refractivity contribution in [2.75, 3.05) is 6.61 Å². The van der Waals surface area contributed by atoms with Crippen molar-refractivity contribution < 1.29 is 20.1 Å². The molecule has 1 rings (SSSR count). The molecule has 0 amide bonds. The molecule has 72 valence electrons. The average molecular weight is 185 g/mol. The normalized spacial score (nSPS) is 8.46. The first-order valence-corrected chi connectivity index (χ1v) is 3.61. The minimum absolute atomic E-state index is 0.0904. The molecule has 0 fully saturated rings. The van der Waals surface area contributed by atoms with Crippen LogP contribution in [0.15, 0.2) is 18.3 Å². The van der Waals surface area contributed by atoms with Crippen molar-refractivity contribution in [2.45, 2.75) is 6.92 Å². The van der Waals surface area contributed by atoms with E-state index in [9.17, 15) is 4.79 Å². The van der Waals surface area contributed by atoms with Gasteiger partial charge in [0.25, 0.3) is 0 Å². The van der Waals surface area contributed by atoms with E-state index in [0.29, 0.717) is 0 Å². The molecule has 0 spiro atoms. The Bertz CT molecular complexity index is 275. The molecule has 13 heavy (non-hydrogen) atoms. The molecule has 0 atom stereocenters. The predicted molar refractivity (Wildman–Crippen MR) is 45.6 cm³/mol. The summed E-state index contributed by atoms with van der Waals surface area (Å²) >= 11 is 0. The van der Waals surface area contributed by atoms with Crippen LogP contribution in [0.4, 0.5) is 0 Å². The van der Waals surface area contributed by atoms with Crippen LogP contribution in [0, 0.1) is 0 Å². The molecule has 0 aromatic carbocycles. The zero-order chi connectivity index (χ0) is 10.3. The lowest BCUT2D eigenvalue weighted by molar-refractivity contribution is 0.0690. The summed E-state index contributed by atoms with van der Waals surface area (Å²) < 4.78 is 0. The number of aliphatic hydroxyl groups is 1. The van der Waals surface area contributed by atoms with Gasteiger partial charge in [-0.05, 0) is 13.0 Å². The maximum absolute atomic E-state index is 10.2. The summed E-state index contributed by atoms with van der Waals surface area (Å²) in [5.74, 6) is -1.23. The number of nitrogens with zero attached hydrogens (tertiary/aromatic N) is 1. The second-order valence-corrected chi connectivity index (χ2v) is 2.02. The molecule has 0 saturated heterocycles. The maximum atomic E-state index is 10.2. The Morgan fingerprint density at radius 3 is 2.46 bits per heavy atom. The first-order chi connectivity index (χ1) is 6.11. The van der Waals surface area contributed by atoms with E-state index in [2.05, 4.69) is 4.98 Å². The number of aliphatic hydroxyl groups excluding tert-OH is 1. The molecular formula is C8H11NO4. The smallest absolute Gasteiger partial charge is 0.354 e. The molecule has 0 unspecified atom stereocenters. The number of carbonyl (C=O) groups is 1. The standard InChI is InChI=1S/C6H5NO3.C2H6O/c8-4-1-2-7-5(3-4)6(9)10;1-2-3/h1-3H,(H,7,8)(H,9,10);3H,2H2,1H3. The van der Waals surface area contributed by atoms with Crippen LogP contribution in [0.25, 0.3) is 0 Å². The molecule has 5 nitrogen and oxygen atoms in total. The third kappa shape index (κ3) is 4.76. The topological polar surface area (TPSA) is 90.7 Å². The van der Waals surface area contributed by atoms with Crippen molar-refractivity contribution in [2.24, 2.45) is 0 Å². The Morgan fingerprint density at radius 1 is 1.62 bits per heavy atom. The second kappa shape index (κ2) is 5.96. The number of hydrogen-bond donors (Lipinski definition) is 3. The highest BCUT2D eigenvalue weighted by molar-refractivity contribution is 5.85. The average Bonchev–Trinajstić information content (AvgIpc) is 2.05. The molecule has 0 bridgehead atoms. The Morgan fingerprint density at radius 2 is 2.15 bits per heavy atom. The molecule has 5 heteroatoms. The van der Waals surface area contributed by atoms with Crippen LogP contribution in [0.3, 0.4) is 0 Å². The molecule has 1 aromatic heterocycles. The van der Waals surface area contributed by atoms with E-state index >= 15 is 0 Å². The Balaban J connectivity index is 0.000000424. The van der Waals surface area contributed by atoms with Crippen LogP contribution in [-0.2, 0) is 0 Å². The van der Waals surface area contributed by atoms with Gasteiger partial charge < -0.3 is 15.3 Å². The van der Waals surface area contributed by atoms with Gasteiger partial charge in [0.2, 0.25) is 0 Å². The highest BCUT2D eigenvalue weighted by Gasteiger charge is 2.02. The summed E-state index contributed by atoms with van der Waals surface area (Å²) in [4.78, 5) is 13.7. The number of rotatable bonds is 1. The van der Waals surface area contributed by atoms with E-state index < -0.39 is 5.97 Å². The lowest BCUT2D eigenvalue weighted by atomic mass is 10.3. The van der Waals surface area contributed by atoms with Crippen LogP contribution in [0.2, 0.25) is 0 Å². The van der Waals surface area contributed by atoms with Crippen molar-refractivity contribution in [1.82, 2.24) is 4.98 Å². The van der Waals surface area contributed by atoms with Gasteiger partial charge >= 0.3 is 5.97 Å². The molecule has 0 saturated carbocycles. The summed E-state index contributed by atoms with van der Waals surface area (Å²) in [6.07, 6.45) is 1.23. The number of aromatic nitrogens is 1. The fraction of sp³-hybridized carbons (Fsp3) is 0.250. The van der Waals surface area contributed by atoms with Gasteiger partial charge in [-0.2, -0.15) is 0 Å². The molecule has 1 aromatic rings. The van der Waals surface area contributed by atoms with E-state index in [4.69, 9.17) is 15.3 Å². The van der Waals surface area contributed by atoms with Crippen LogP contribution < -0.4 is 0 Å². The van der Waals surface area contributed by atoms with Crippen molar-refractivity contribution >= 4 is 5.97 Å². The van der Waals surface area contributed by atoms with E-state index in [-0.39, 0.29) is 18.1 Å². The summed E-state index contributed by atoms with van der Waals surface area (Å²) in [6.45, 7) is 1.93. The monoisotopic (exact) mass is 185 g/mol. The van der Waals surface area contributed by atoms with E-state index in [1.165, 1.54) is 12.3 Å². The number of hydrogen-bond acceptors (Lipinski definition) is 4. The van der Waals surface area contributed by atoms with Gasteiger partial charge in [-0.1, -0.05) is 0 Å². The zero-order valence-electron chi connectivity index (χ0n) is 7.14. The Labute approximate surface area is 75.3 Å². The predicted octanol–water partition coefficient (Wildman–Crippen LogP) is 0.484. The van der Waals surface area contributed by atoms with Crippen molar-refractivity contribution in [3.63, 3.8) is 0 Å². The van der Waals surface area contributed by atoms with Crippen molar-refractivity contribution in [3.8, 4) is 5.75 Å². The van der Waals surface area contributed by atoms with Crippen molar-refractivity contribution in [1.29, 1.82) is 0 Å². The van der Waals surface area contributed by atoms with E-state index in [0.717, 1.165) is 6.07 Å². The fourth-order valence-electron chi connectivity index (χ4n) is 0.536. The number of carboxylic acid groups (broad SMARTS) is 1. The molecule has 1 heterocycles. The fourth-order valence-corrected chi connectivity index (χ4v) is 0.536. The third-order valence-electron chi connectivity index (χ3n) is 0.963. The molecular weight excluding hydrogens is 174 g/mol. The lowest BCUT2D eigenvalue weighted by Gasteiger charge is -1.91. The van der Waals surface area contributed by atoms with Crippen LogP contribution in [-0.4, -0.2) is 32.9 Å². The van der Waals surface area contributed by atoms with Gasteiger partial charge in [-0.3, -0.25) is 0 Å². The van der Waals surface area contributed by atoms with Crippen LogP contribution >= 0.6 is 0 Å². The highest BCUT2D eigenvalue weighted by Crippen LogP contribution is 2.06. The number of pyridine rings is 1. The molecule has 0 aliphatic heterocycles. The van der Waals surface area contributed by atoms with Gasteiger partial charge in [0.15, 0.2) is 5.69 Å². The maximum Gasteiger partial charge on any atom is 0.354 e. The quantitative estimate of drug-likeness (QED) is 0.592. The molecule has 0 aliphatic rings. The van der Waals surface area contributed by atoms with Gasteiger partial charge in [0.05, 0.1) is 0 Å². The number of carboxylic acids is 1. The van der Waals surface area contributed by atoms with E-state index in [1.807, 2.05) is 0 Å². The zero-order valence-corrected chi connectivity index (χ0v) is 7.14. The first kappa shape index (κ1) is 11.4. The first-order valence-electron chi connectivity index (χ1n) is 3.61. The van der Waals surface area contributed by atoms with Gasteiger partial charge in [-0.15, -0.1) is 0 Å². The summed E-state index contributed by atoms with van der Waals surface area (Å²) in [5, 5.41) is 24.7. The summed E-state index contributed by atoms with van der Waals surface area (Å²) in [7, 11) is 0. The van der Waals surface area contributed by atoms with Crippen LogP contribution in [0.1, 0.15) is 17.4 Å². The molecule has 0 radical (unpaired) electrons. The van der Waals surface area contributed by atoms with Gasteiger partial charge in [0.1, 0.15) is 5.75 Å². The third-order valence-corrected chi connectivity index (χ3v) is 0.963. The second-order valence-electron chi connectivity index (χ2n) is 2.02. The number of aromatic carboxylic acids is 1. The van der Waals surface area contributed by atoms with Gasteiger partial charge in [-0.25, -0.2) is 9.78 Å². The van der Waals surface area contributed by atoms with Crippen molar-refractivity contribution in [3.05, 3.63) is 24.0 Å². The Kier molecular flexibility index (Phi) is 5.22. The SMILES string of the molecule is CCO.O=C(O)c1cc(O)ccn1. The lowest BCUT2D eigenvalue weighted by Crippen LogP contribution is -1.98. The number of aromatic hydroxyl groups is 1. The minimum atomic E-state index is -1.14. The Hall–Kier alpha value is -1.62. The van der Waals surface area contributed by atoms with E-state index in [1.54, 1.807) is 6.92 Å². The largest absolute Gasteiger partial charge is 0.508 e. The highest BCUT2D eigenvalue weighted by atomic mass is 16.4.